The van der Waals surface area contributed by atoms with E-state index in [0.29, 0.717) is 33.4 Å². The molecule has 12 heteroatoms. The van der Waals surface area contributed by atoms with Crippen LogP contribution in [0.3, 0.4) is 0 Å². The van der Waals surface area contributed by atoms with Crippen LogP contribution in [-0.2, 0) is 19.6 Å². The van der Waals surface area contributed by atoms with Crippen LogP contribution in [0.15, 0.2) is 110 Å². The number of pyridine rings is 3. The highest BCUT2D eigenvalue weighted by molar-refractivity contribution is 6.23. The number of carbonyl (C=O) groups is 6. The number of imide groups is 3. The molecule has 0 saturated carbocycles. The van der Waals surface area contributed by atoms with Crippen LogP contribution in [0.25, 0.3) is 0 Å². The van der Waals surface area contributed by atoms with Crippen LogP contribution in [-0.4, -0.2) is 65.1 Å². The van der Waals surface area contributed by atoms with Gasteiger partial charge in [0, 0.05) is 72.7 Å². The van der Waals surface area contributed by atoms with E-state index in [0.717, 1.165) is 69.3 Å². The Morgan fingerprint density at radius 2 is 0.565 bits per heavy atom. The summed E-state index contributed by atoms with van der Waals surface area (Å²) in [6.45, 7) is 0.422. The zero-order chi connectivity index (χ0) is 45.9. The number of aromatic nitrogens is 3. The minimum absolute atomic E-state index is 0.00566. The van der Waals surface area contributed by atoms with Gasteiger partial charge in [-0.25, -0.2) is 0 Å². The van der Waals surface area contributed by atoms with Gasteiger partial charge >= 0.3 is 0 Å². The molecule has 12 nitrogen and oxygen atoms in total. The normalized spacial score (nSPS) is 23.7. The number of carbonyl (C=O) groups excluding carboxylic acids is 6. The van der Waals surface area contributed by atoms with Crippen molar-refractivity contribution in [2.45, 2.75) is 74.4 Å². The van der Waals surface area contributed by atoms with E-state index in [-0.39, 0.29) is 90.6 Å². The Kier molecular flexibility index (Phi) is 7.03. The molecule has 69 heavy (non-hydrogen) atoms. The van der Waals surface area contributed by atoms with E-state index in [4.69, 9.17) is 0 Å². The molecule has 0 spiro atoms. The molecular weight excluding hydrogens is 865 g/mol. The van der Waals surface area contributed by atoms with E-state index in [1.165, 1.54) is 48.1 Å². The summed E-state index contributed by atoms with van der Waals surface area (Å²) in [5.74, 6) is -1.81. The fourth-order valence-electron chi connectivity index (χ4n) is 14.6. The third-order valence-corrected chi connectivity index (χ3v) is 17.2. The molecule has 4 aromatic carbocycles. The van der Waals surface area contributed by atoms with Crippen molar-refractivity contribution in [3.63, 3.8) is 0 Å². The van der Waals surface area contributed by atoms with Gasteiger partial charge in [-0.05, 0) is 157 Å². The third kappa shape index (κ3) is 4.62. The lowest BCUT2D eigenvalue weighted by molar-refractivity contribution is 0.0627. The highest BCUT2D eigenvalue weighted by atomic mass is 16.2. The largest absolute Gasteiger partial charge is 0.270 e. The second kappa shape index (κ2) is 12.8. The Balaban J connectivity index is 0.850. The summed E-state index contributed by atoms with van der Waals surface area (Å²) in [7, 11) is 0. The predicted molar refractivity (Wildman–Crippen MR) is 246 cm³/mol. The maximum atomic E-state index is 14.1. The molecule has 3 aromatic heterocycles. The summed E-state index contributed by atoms with van der Waals surface area (Å²) in [5, 5.41) is 0. The fourth-order valence-corrected chi connectivity index (χ4v) is 14.6. The van der Waals surface area contributed by atoms with Gasteiger partial charge in [-0.2, -0.15) is 0 Å². The molecule has 6 aliphatic carbocycles. The molecule has 0 N–H and O–H groups in total. The fraction of sp³-hybridized carbons (Fsp3) is 0.211. The van der Waals surface area contributed by atoms with Crippen LogP contribution >= 0.6 is 0 Å². The topological polar surface area (TPSA) is 151 Å². The van der Waals surface area contributed by atoms with Crippen molar-refractivity contribution in [2.24, 2.45) is 0 Å². The van der Waals surface area contributed by atoms with Crippen molar-refractivity contribution in [1.29, 1.82) is 0 Å². The quantitative estimate of drug-likeness (QED) is 0.151. The molecule has 16 rings (SSSR count). The number of fused-ring (bicyclic) bond motifs is 30. The first-order chi connectivity index (χ1) is 33.7. The van der Waals surface area contributed by atoms with Crippen LogP contribution in [0.5, 0.6) is 0 Å². The Labute approximate surface area is 393 Å². The van der Waals surface area contributed by atoms with Crippen molar-refractivity contribution in [3.8, 4) is 0 Å². The average Bonchev–Trinajstić information content (AvgIpc) is 4.29. The van der Waals surface area contributed by atoms with Crippen LogP contribution in [0.1, 0.15) is 200 Å². The molecule has 6 atom stereocenters. The van der Waals surface area contributed by atoms with Gasteiger partial charge in [-0.15, -0.1) is 0 Å². The van der Waals surface area contributed by atoms with Gasteiger partial charge in [0.25, 0.3) is 35.4 Å². The van der Waals surface area contributed by atoms with E-state index in [1.54, 1.807) is 55.4 Å². The first kappa shape index (κ1) is 37.8. The second-order valence-electron chi connectivity index (χ2n) is 20.3. The van der Waals surface area contributed by atoms with Crippen molar-refractivity contribution in [2.75, 3.05) is 0 Å². The van der Waals surface area contributed by atoms with Gasteiger partial charge in [0.1, 0.15) is 0 Å². The highest BCUT2D eigenvalue weighted by Crippen LogP contribution is 2.72. The standard InChI is InChI=1S/C57H36N6O6/c64-52-40-10-28-29(11-41(40)53(65)61(52)22-25-4-1-7-58-19-25)35-16-34(28)46-47(35)49-37-18-39(33-15-45-43(13-31(33)37)55(67)63(57(45)69)24-27-6-3-9-60-21-27)51(49)50-38-17-36(48(46)50)30-12-42-44(14-32(30)38)56(68)62(54(42)66)23-26-5-2-8-59-20-26/h1-15,19-21,34-39H,16-18,22-24H2/t34-,35+,36+,37-,38-,39+. The van der Waals surface area contributed by atoms with Gasteiger partial charge in [-0.1, -0.05) is 18.2 Å². The molecule has 6 heterocycles. The van der Waals surface area contributed by atoms with Crippen molar-refractivity contribution >= 4 is 35.4 Å². The monoisotopic (exact) mass is 900 g/mol. The van der Waals surface area contributed by atoms with E-state index in [9.17, 15) is 28.8 Å². The van der Waals surface area contributed by atoms with Crippen LogP contribution < -0.4 is 0 Å². The van der Waals surface area contributed by atoms with E-state index >= 15 is 0 Å². The first-order valence-corrected chi connectivity index (χ1v) is 23.7. The summed E-state index contributed by atoms with van der Waals surface area (Å²) in [4.78, 5) is 101. The lowest BCUT2D eigenvalue weighted by Gasteiger charge is -2.35. The van der Waals surface area contributed by atoms with Gasteiger partial charge < -0.3 is 0 Å². The van der Waals surface area contributed by atoms with Gasteiger partial charge in [-0.3, -0.25) is 58.4 Å². The summed E-state index contributed by atoms with van der Waals surface area (Å²) >= 11 is 0. The number of amides is 6. The summed E-state index contributed by atoms with van der Waals surface area (Å²) in [5.41, 5.74) is 19.4. The molecule has 0 saturated heterocycles. The SMILES string of the molecule is O=C1c2cc3c(cc2C(=O)N1Cc1cccnc1)[C@@H]1C[C@H]3c2c1c1c(c3c2[C@H]2C[C@@H]3c3cc4c(cc32)C(=O)N(Cc2cccnc2)C4=O)[C@H]2C[C@@H]1c1cc3c(cc12)C(=O)N(Cc1cccnc1)C3=O. The average molecular weight is 901 g/mol. The number of hydrogen-bond acceptors (Lipinski definition) is 9. The van der Waals surface area contributed by atoms with Gasteiger partial charge in [0.2, 0.25) is 0 Å². The third-order valence-electron chi connectivity index (χ3n) is 17.2. The Morgan fingerprint density at radius 1 is 0.348 bits per heavy atom. The Hall–Kier alpha value is -8.25. The van der Waals surface area contributed by atoms with Crippen LogP contribution in [0.4, 0.5) is 0 Å². The molecular formula is C57H36N6O6. The van der Waals surface area contributed by atoms with E-state index < -0.39 is 0 Å². The molecule has 0 radical (unpaired) electrons. The molecule has 7 aromatic rings. The highest BCUT2D eigenvalue weighted by Gasteiger charge is 2.58. The molecule has 3 aliphatic heterocycles. The van der Waals surface area contributed by atoms with Crippen molar-refractivity contribution < 1.29 is 28.8 Å². The lowest BCUT2D eigenvalue weighted by atomic mass is 9.68. The molecule has 9 aliphatic rings. The minimum atomic E-state index is -0.295. The van der Waals surface area contributed by atoms with Crippen molar-refractivity contribution in [1.82, 2.24) is 29.7 Å². The number of hydrogen-bond donors (Lipinski definition) is 0. The zero-order valence-electron chi connectivity index (χ0n) is 36.7. The molecule has 330 valence electrons. The van der Waals surface area contributed by atoms with Gasteiger partial charge in [0.05, 0.1) is 53.0 Å². The predicted octanol–water partition coefficient (Wildman–Crippen LogP) is 8.20. The lowest BCUT2D eigenvalue weighted by Crippen LogP contribution is -2.29. The van der Waals surface area contributed by atoms with Crippen LogP contribution in [0.2, 0.25) is 0 Å². The summed E-state index contributed by atoms with van der Waals surface area (Å²) in [6, 6.07) is 23.0. The first-order valence-electron chi connectivity index (χ1n) is 23.7. The molecule has 6 amide bonds. The summed E-state index contributed by atoms with van der Waals surface area (Å²) in [6.07, 6.45) is 12.5. The summed E-state index contributed by atoms with van der Waals surface area (Å²) < 4.78 is 0. The number of benzene rings is 4. The molecule has 0 fully saturated rings. The zero-order valence-corrected chi connectivity index (χ0v) is 36.7. The Bertz CT molecular complexity index is 3130. The second-order valence-corrected chi connectivity index (χ2v) is 20.3. The molecule has 0 unspecified atom stereocenters. The van der Waals surface area contributed by atoms with E-state index in [1.807, 2.05) is 54.6 Å². The minimum Gasteiger partial charge on any atom is -0.270 e. The van der Waals surface area contributed by atoms with Crippen LogP contribution in [0, 0.1) is 0 Å². The van der Waals surface area contributed by atoms with E-state index in [2.05, 4.69) is 15.0 Å². The maximum Gasteiger partial charge on any atom is 0.261 e. The smallest absolute Gasteiger partial charge is 0.261 e. The number of nitrogens with zero attached hydrogens (tertiary/aromatic N) is 6. The Morgan fingerprint density at radius 3 is 0.754 bits per heavy atom. The van der Waals surface area contributed by atoms with Gasteiger partial charge in [0.15, 0.2) is 0 Å². The van der Waals surface area contributed by atoms with Crippen molar-refractivity contribution in [3.05, 3.63) is 227 Å². The number of rotatable bonds is 6. The maximum absolute atomic E-state index is 14.1. The molecule has 6 bridgehead atoms.